The number of aliphatic hydroxyl groups is 1. The smallest absolute Gasteiger partial charge is 0.252 e. The molecule has 1 aromatic rings. The fourth-order valence-corrected chi connectivity index (χ4v) is 3.01. The average molecular weight is 296 g/mol. The van der Waals surface area contributed by atoms with Crippen LogP contribution in [0.5, 0.6) is 0 Å². The number of nitrogens with zero attached hydrogens (tertiary/aromatic N) is 1. The first kappa shape index (κ1) is 15.0. The predicted octanol–water partition coefficient (Wildman–Crippen LogP) is 1.24. The van der Waals surface area contributed by atoms with E-state index in [1.54, 1.807) is 23.3 Å². The first-order valence-corrected chi connectivity index (χ1v) is 7.73. The van der Waals surface area contributed by atoms with Gasteiger partial charge in [0.05, 0.1) is 5.60 Å². The maximum absolute atomic E-state index is 12.0. The zero-order valence-electron chi connectivity index (χ0n) is 11.6. The highest BCUT2D eigenvalue weighted by Crippen LogP contribution is 2.20. The van der Waals surface area contributed by atoms with Gasteiger partial charge in [0.2, 0.25) is 5.91 Å². The summed E-state index contributed by atoms with van der Waals surface area (Å²) >= 11 is 1.47. The molecule has 0 saturated carbocycles. The van der Waals surface area contributed by atoms with Gasteiger partial charge in [0.15, 0.2) is 0 Å². The number of rotatable bonds is 4. The van der Waals surface area contributed by atoms with Crippen LogP contribution in [0.25, 0.3) is 0 Å². The summed E-state index contributed by atoms with van der Waals surface area (Å²) in [6.07, 6.45) is 1.82. The number of amides is 2. The molecule has 0 spiro atoms. The number of carbonyl (C=O) groups excluding carboxylic acids is 2. The molecule has 0 aliphatic carbocycles. The monoisotopic (exact) mass is 296 g/mol. The van der Waals surface area contributed by atoms with Crippen LogP contribution in [0.2, 0.25) is 0 Å². The van der Waals surface area contributed by atoms with Crippen molar-refractivity contribution in [3.05, 3.63) is 22.4 Å². The lowest BCUT2D eigenvalue weighted by Crippen LogP contribution is -2.49. The highest BCUT2D eigenvalue weighted by Gasteiger charge is 2.30. The minimum atomic E-state index is -0.784. The fraction of sp³-hybridized carbons (Fsp3) is 0.571. The molecule has 1 atom stereocenters. The molecular weight excluding hydrogens is 276 g/mol. The molecule has 0 bridgehead atoms. The number of likely N-dealkylation sites (tertiary alicyclic amines) is 1. The highest BCUT2D eigenvalue weighted by molar-refractivity contribution is 7.08. The Bertz CT molecular complexity index is 471. The second-order valence-electron chi connectivity index (χ2n) is 5.43. The molecule has 2 amide bonds. The summed E-state index contributed by atoms with van der Waals surface area (Å²) < 4.78 is 0. The van der Waals surface area contributed by atoms with E-state index in [9.17, 15) is 14.7 Å². The molecular formula is C14H20N2O3S. The molecule has 2 rings (SSSR count). The maximum atomic E-state index is 12.0. The molecule has 110 valence electrons. The largest absolute Gasteiger partial charge is 0.388 e. The summed E-state index contributed by atoms with van der Waals surface area (Å²) in [6.45, 7) is 3.15. The van der Waals surface area contributed by atoms with Gasteiger partial charge in [0.1, 0.15) is 0 Å². The Morgan fingerprint density at radius 3 is 3.00 bits per heavy atom. The number of piperidine rings is 1. The zero-order chi connectivity index (χ0) is 14.6. The van der Waals surface area contributed by atoms with Crippen molar-refractivity contribution < 1.29 is 14.7 Å². The number of thiophene rings is 1. The molecule has 1 fully saturated rings. The van der Waals surface area contributed by atoms with E-state index in [-0.39, 0.29) is 18.2 Å². The van der Waals surface area contributed by atoms with Crippen molar-refractivity contribution in [2.45, 2.75) is 31.8 Å². The molecule has 20 heavy (non-hydrogen) atoms. The van der Waals surface area contributed by atoms with E-state index in [0.717, 1.165) is 12.8 Å². The lowest BCUT2D eigenvalue weighted by Gasteiger charge is -2.36. The zero-order valence-corrected chi connectivity index (χ0v) is 12.4. The first-order valence-electron chi connectivity index (χ1n) is 6.78. The van der Waals surface area contributed by atoms with Crippen LogP contribution in [0.4, 0.5) is 0 Å². The Morgan fingerprint density at radius 1 is 1.55 bits per heavy atom. The van der Waals surface area contributed by atoms with E-state index in [1.807, 2.05) is 5.38 Å². The van der Waals surface area contributed by atoms with Crippen molar-refractivity contribution in [2.24, 2.45) is 0 Å². The minimum absolute atomic E-state index is 0.0180. The van der Waals surface area contributed by atoms with Crippen LogP contribution < -0.4 is 5.32 Å². The van der Waals surface area contributed by atoms with Crippen LogP contribution in [0.15, 0.2) is 16.8 Å². The van der Waals surface area contributed by atoms with Crippen molar-refractivity contribution in [3.8, 4) is 0 Å². The summed E-state index contributed by atoms with van der Waals surface area (Å²) in [6, 6.07) is 1.75. The first-order chi connectivity index (χ1) is 9.48. The topological polar surface area (TPSA) is 69.6 Å². The van der Waals surface area contributed by atoms with Gasteiger partial charge < -0.3 is 15.3 Å². The number of hydrogen-bond acceptors (Lipinski definition) is 4. The molecule has 0 aromatic carbocycles. The van der Waals surface area contributed by atoms with Crippen LogP contribution in [0.3, 0.4) is 0 Å². The predicted molar refractivity (Wildman–Crippen MR) is 77.7 cm³/mol. The highest BCUT2D eigenvalue weighted by atomic mass is 32.1. The maximum Gasteiger partial charge on any atom is 0.252 e. The Balaban J connectivity index is 1.74. The summed E-state index contributed by atoms with van der Waals surface area (Å²) in [7, 11) is 0. The lowest BCUT2D eigenvalue weighted by molar-refractivity contribution is -0.137. The van der Waals surface area contributed by atoms with Gasteiger partial charge in [0.25, 0.3) is 5.91 Å². The van der Waals surface area contributed by atoms with Gasteiger partial charge in [-0.15, -0.1) is 0 Å². The minimum Gasteiger partial charge on any atom is -0.388 e. The number of hydrogen-bond donors (Lipinski definition) is 2. The summed E-state index contributed by atoms with van der Waals surface area (Å²) in [4.78, 5) is 25.4. The third-order valence-electron chi connectivity index (χ3n) is 3.44. The van der Waals surface area contributed by atoms with E-state index in [4.69, 9.17) is 0 Å². The van der Waals surface area contributed by atoms with Gasteiger partial charge in [-0.1, -0.05) is 0 Å². The van der Waals surface area contributed by atoms with E-state index in [0.29, 0.717) is 25.2 Å². The second-order valence-corrected chi connectivity index (χ2v) is 6.21. The van der Waals surface area contributed by atoms with E-state index < -0.39 is 5.60 Å². The van der Waals surface area contributed by atoms with E-state index >= 15 is 0 Å². The summed E-state index contributed by atoms with van der Waals surface area (Å²) in [5.74, 6) is -0.166. The number of β-amino-alcohol motifs (C(OH)–C–C–N with tert-alkyl or cyclic N) is 1. The number of nitrogens with one attached hydrogen (secondary N) is 1. The molecule has 1 saturated heterocycles. The van der Waals surface area contributed by atoms with E-state index in [2.05, 4.69) is 5.32 Å². The van der Waals surface area contributed by atoms with E-state index in [1.165, 1.54) is 11.3 Å². The molecule has 1 aromatic heterocycles. The Morgan fingerprint density at radius 2 is 2.35 bits per heavy atom. The summed E-state index contributed by atoms with van der Waals surface area (Å²) in [5, 5.41) is 16.3. The van der Waals surface area contributed by atoms with Crippen LogP contribution in [0, 0.1) is 0 Å². The Hall–Kier alpha value is -1.40. The molecule has 0 radical (unpaired) electrons. The molecule has 1 aliphatic rings. The van der Waals surface area contributed by atoms with Crippen molar-refractivity contribution in [1.29, 1.82) is 0 Å². The van der Waals surface area contributed by atoms with Gasteiger partial charge in [0, 0.05) is 37.0 Å². The van der Waals surface area contributed by atoms with Crippen molar-refractivity contribution in [2.75, 3.05) is 19.6 Å². The molecule has 1 unspecified atom stereocenters. The van der Waals surface area contributed by atoms with Gasteiger partial charge in [-0.25, -0.2) is 0 Å². The van der Waals surface area contributed by atoms with Crippen LogP contribution in [-0.2, 0) is 4.79 Å². The normalized spacial score (nSPS) is 22.6. The van der Waals surface area contributed by atoms with Gasteiger partial charge in [-0.05, 0) is 31.2 Å². The fourth-order valence-electron chi connectivity index (χ4n) is 2.37. The van der Waals surface area contributed by atoms with Crippen LogP contribution in [0.1, 0.15) is 36.5 Å². The third-order valence-corrected chi connectivity index (χ3v) is 4.12. The Kier molecular flexibility index (Phi) is 4.77. The van der Waals surface area contributed by atoms with Crippen molar-refractivity contribution in [3.63, 3.8) is 0 Å². The van der Waals surface area contributed by atoms with Crippen LogP contribution >= 0.6 is 11.3 Å². The average Bonchev–Trinajstić information content (AvgIpc) is 2.91. The molecule has 5 nitrogen and oxygen atoms in total. The molecule has 2 N–H and O–H groups in total. The Labute approximate surface area is 122 Å². The third kappa shape index (κ3) is 4.05. The SMILES string of the molecule is CC1(O)CCCN(C(=O)CCNC(=O)c2ccsc2)C1. The molecule has 2 heterocycles. The van der Waals surface area contributed by atoms with Gasteiger partial charge >= 0.3 is 0 Å². The lowest BCUT2D eigenvalue weighted by atomic mass is 9.95. The van der Waals surface area contributed by atoms with Crippen LogP contribution in [-0.4, -0.2) is 47.1 Å². The summed E-state index contributed by atoms with van der Waals surface area (Å²) in [5.41, 5.74) is -0.156. The standard InChI is InChI=1S/C14H20N2O3S/c1-14(19)5-2-7-16(10-14)12(17)3-6-15-13(18)11-4-8-20-9-11/h4,8-9,19H,2-3,5-7,10H2,1H3,(H,15,18). The number of carbonyl (C=O) groups is 2. The quantitative estimate of drug-likeness (QED) is 0.878. The van der Waals surface area contributed by atoms with Gasteiger partial charge in [-0.3, -0.25) is 9.59 Å². The van der Waals surface area contributed by atoms with Crippen molar-refractivity contribution >= 4 is 23.2 Å². The molecule has 6 heteroatoms. The van der Waals surface area contributed by atoms with Crippen molar-refractivity contribution in [1.82, 2.24) is 10.2 Å². The van der Waals surface area contributed by atoms with Gasteiger partial charge in [-0.2, -0.15) is 11.3 Å². The second kappa shape index (κ2) is 6.37. The molecule has 1 aliphatic heterocycles.